The van der Waals surface area contributed by atoms with Crippen LogP contribution in [0.15, 0.2) is 12.4 Å². The van der Waals surface area contributed by atoms with Gasteiger partial charge in [-0.25, -0.2) is 0 Å². The highest BCUT2D eigenvalue weighted by molar-refractivity contribution is 5.77. The van der Waals surface area contributed by atoms with Gasteiger partial charge in [0.1, 0.15) is 0 Å². The monoisotopic (exact) mass is 264 g/mol. The molecule has 2 aliphatic rings. The number of carbonyl (C=O) groups is 1. The molecule has 6 nitrogen and oxygen atoms in total. The molecule has 0 saturated carbocycles. The van der Waals surface area contributed by atoms with Crippen LogP contribution in [0.1, 0.15) is 12.5 Å². The molecule has 0 bridgehead atoms. The first-order chi connectivity index (χ1) is 9.14. The quantitative estimate of drug-likeness (QED) is 0.801. The molecule has 0 aliphatic carbocycles. The molecule has 3 rings (SSSR count). The highest BCUT2D eigenvalue weighted by atomic mass is 16.4. The largest absolute Gasteiger partial charge is 0.481 e. The molecule has 19 heavy (non-hydrogen) atoms. The van der Waals surface area contributed by atoms with Crippen molar-refractivity contribution in [3.63, 3.8) is 0 Å². The Hall–Kier alpha value is -1.40. The summed E-state index contributed by atoms with van der Waals surface area (Å²) in [6.07, 6.45) is 3.92. The normalized spacial score (nSPS) is 30.7. The number of aryl methyl sites for hydroxylation is 1. The molecule has 0 spiro atoms. The summed E-state index contributed by atoms with van der Waals surface area (Å²) in [5, 5.41) is 17.0. The Labute approximate surface area is 112 Å². The molecule has 2 fully saturated rings. The second kappa shape index (κ2) is 4.61. The lowest BCUT2D eigenvalue weighted by atomic mass is 9.81. The highest BCUT2D eigenvalue weighted by Gasteiger charge is 2.54. The summed E-state index contributed by atoms with van der Waals surface area (Å²) in [7, 11) is 0. The molecule has 2 saturated heterocycles. The molecule has 1 aromatic rings. The van der Waals surface area contributed by atoms with Gasteiger partial charge in [-0.2, -0.15) is 5.10 Å². The average Bonchev–Trinajstić information content (AvgIpc) is 3.02. The molecule has 1 aromatic heterocycles. The SMILES string of the molecule is CCn1cc(CN2C[C@@H]3CNC[C@]3(C(=O)O)C2)cn1. The van der Waals surface area contributed by atoms with Crippen LogP contribution in [0.5, 0.6) is 0 Å². The molecule has 0 amide bonds. The summed E-state index contributed by atoms with van der Waals surface area (Å²) in [5.41, 5.74) is 0.580. The lowest BCUT2D eigenvalue weighted by molar-refractivity contribution is -0.148. The van der Waals surface area contributed by atoms with Gasteiger partial charge in [-0.05, 0) is 6.92 Å². The van der Waals surface area contributed by atoms with Crippen LogP contribution in [0.3, 0.4) is 0 Å². The molecule has 0 radical (unpaired) electrons. The maximum Gasteiger partial charge on any atom is 0.312 e. The summed E-state index contributed by atoms with van der Waals surface area (Å²) in [4.78, 5) is 13.8. The Bertz CT molecular complexity index is 487. The Kier molecular flexibility index (Phi) is 3.06. The number of nitrogens with zero attached hydrogens (tertiary/aromatic N) is 3. The maximum absolute atomic E-state index is 11.6. The molecule has 0 aromatic carbocycles. The van der Waals surface area contributed by atoms with Gasteiger partial charge < -0.3 is 10.4 Å². The highest BCUT2D eigenvalue weighted by Crippen LogP contribution is 2.39. The Morgan fingerprint density at radius 3 is 3.16 bits per heavy atom. The second-order valence-electron chi connectivity index (χ2n) is 5.66. The summed E-state index contributed by atoms with van der Waals surface area (Å²) < 4.78 is 1.90. The van der Waals surface area contributed by atoms with Crippen molar-refractivity contribution in [3.05, 3.63) is 18.0 Å². The fourth-order valence-corrected chi connectivity index (χ4v) is 3.37. The fraction of sp³-hybridized carbons (Fsp3) is 0.692. The Morgan fingerprint density at radius 2 is 2.53 bits per heavy atom. The van der Waals surface area contributed by atoms with Crippen LogP contribution >= 0.6 is 0 Å². The number of nitrogens with one attached hydrogen (secondary N) is 1. The molecule has 3 heterocycles. The smallest absolute Gasteiger partial charge is 0.312 e. The van der Waals surface area contributed by atoms with Crippen LogP contribution in [0.4, 0.5) is 0 Å². The number of carboxylic acid groups (broad SMARTS) is 1. The van der Waals surface area contributed by atoms with E-state index < -0.39 is 11.4 Å². The average molecular weight is 264 g/mol. The number of rotatable bonds is 4. The van der Waals surface area contributed by atoms with Crippen molar-refractivity contribution in [1.29, 1.82) is 0 Å². The van der Waals surface area contributed by atoms with E-state index in [4.69, 9.17) is 0 Å². The molecule has 104 valence electrons. The van der Waals surface area contributed by atoms with Gasteiger partial charge in [0.25, 0.3) is 0 Å². The van der Waals surface area contributed by atoms with E-state index in [0.717, 1.165) is 31.7 Å². The van der Waals surface area contributed by atoms with Gasteiger partial charge in [0.2, 0.25) is 0 Å². The van der Waals surface area contributed by atoms with Crippen LogP contribution in [-0.2, 0) is 17.9 Å². The number of hydrogen-bond donors (Lipinski definition) is 2. The third kappa shape index (κ3) is 2.04. The van der Waals surface area contributed by atoms with Crippen molar-refractivity contribution in [2.45, 2.75) is 20.0 Å². The van der Waals surface area contributed by atoms with Crippen molar-refractivity contribution in [1.82, 2.24) is 20.0 Å². The van der Waals surface area contributed by atoms with Crippen LogP contribution in [0, 0.1) is 11.3 Å². The minimum absolute atomic E-state index is 0.228. The number of fused-ring (bicyclic) bond motifs is 1. The van der Waals surface area contributed by atoms with E-state index in [0.29, 0.717) is 13.1 Å². The van der Waals surface area contributed by atoms with Crippen LogP contribution in [-0.4, -0.2) is 51.9 Å². The van der Waals surface area contributed by atoms with Gasteiger partial charge in [-0.15, -0.1) is 0 Å². The summed E-state index contributed by atoms with van der Waals surface area (Å²) >= 11 is 0. The standard InChI is InChI=1S/C13H20N4O2/c1-2-17-6-10(3-15-17)5-16-7-11-4-14-8-13(11,9-16)12(18)19/h3,6,11,14H,2,4-5,7-9H2,1H3,(H,18,19)/t11-,13-/m0/s1. The van der Waals surface area contributed by atoms with Crippen molar-refractivity contribution in [2.75, 3.05) is 26.2 Å². The van der Waals surface area contributed by atoms with E-state index >= 15 is 0 Å². The third-order valence-corrected chi connectivity index (χ3v) is 4.44. The predicted molar refractivity (Wildman–Crippen MR) is 69.6 cm³/mol. The molecular weight excluding hydrogens is 244 g/mol. The zero-order valence-corrected chi connectivity index (χ0v) is 11.2. The number of likely N-dealkylation sites (tertiary alicyclic amines) is 1. The lowest BCUT2D eigenvalue weighted by Gasteiger charge is -2.22. The zero-order chi connectivity index (χ0) is 13.5. The molecule has 2 atom stereocenters. The summed E-state index contributed by atoms with van der Waals surface area (Å²) in [5.74, 6) is -0.430. The van der Waals surface area contributed by atoms with Crippen LogP contribution in [0.2, 0.25) is 0 Å². The van der Waals surface area contributed by atoms with Crippen LogP contribution in [0.25, 0.3) is 0 Å². The molecule has 2 aliphatic heterocycles. The molecule has 6 heteroatoms. The lowest BCUT2D eigenvalue weighted by Crippen LogP contribution is -2.40. The molecule has 0 unspecified atom stereocenters. The van der Waals surface area contributed by atoms with Gasteiger partial charge in [-0.1, -0.05) is 0 Å². The van der Waals surface area contributed by atoms with Gasteiger partial charge >= 0.3 is 5.97 Å². The zero-order valence-electron chi connectivity index (χ0n) is 11.2. The third-order valence-electron chi connectivity index (χ3n) is 4.44. The minimum Gasteiger partial charge on any atom is -0.481 e. The van der Waals surface area contributed by atoms with E-state index in [1.165, 1.54) is 0 Å². The Morgan fingerprint density at radius 1 is 1.68 bits per heavy atom. The van der Waals surface area contributed by atoms with Gasteiger partial charge in [0, 0.05) is 56.9 Å². The topological polar surface area (TPSA) is 70.4 Å². The number of aliphatic carboxylic acids is 1. The van der Waals surface area contributed by atoms with E-state index in [-0.39, 0.29) is 5.92 Å². The first kappa shape index (κ1) is 12.6. The van der Waals surface area contributed by atoms with E-state index in [1.54, 1.807) is 0 Å². The van der Waals surface area contributed by atoms with Gasteiger partial charge in [0.15, 0.2) is 0 Å². The van der Waals surface area contributed by atoms with Crippen molar-refractivity contribution in [3.8, 4) is 0 Å². The van der Waals surface area contributed by atoms with Crippen molar-refractivity contribution in [2.24, 2.45) is 11.3 Å². The number of hydrogen-bond acceptors (Lipinski definition) is 4. The van der Waals surface area contributed by atoms with Crippen molar-refractivity contribution < 1.29 is 9.90 Å². The first-order valence-electron chi connectivity index (χ1n) is 6.82. The Balaban J connectivity index is 1.70. The van der Waals surface area contributed by atoms with Crippen molar-refractivity contribution >= 4 is 5.97 Å². The summed E-state index contributed by atoms with van der Waals surface area (Å²) in [6.45, 7) is 6.63. The number of carboxylic acids is 1. The van der Waals surface area contributed by atoms with Crippen LogP contribution < -0.4 is 5.32 Å². The van der Waals surface area contributed by atoms with E-state index in [2.05, 4.69) is 22.2 Å². The number of aromatic nitrogens is 2. The van der Waals surface area contributed by atoms with Gasteiger partial charge in [-0.3, -0.25) is 14.4 Å². The second-order valence-corrected chi connectivity index (χ2v) is 5.66. The molecule has 2 N–H and O–H groups in total. The fourth-order valence-electron chi connectivity index (χ4n) is 3.37. The van der Waals surface area contributed by atoms with E-state index in [9.17, 15) is 9.90 Å². The molecular formula is C13H20N4O2. The maximum atomic E-state index is 11.6. The first-order valence-corrected chi connectivity index (χ1v) is 6.82. The van der Waals surface area contributed by atoms with Gasteiger partial charge in [0.05, 0.1) is 11.6 Å². The predicted octanol–water partition coefficient (Wildman–Crippen LogP) is 0.00900. The minimum atomic E-state index is -0.658. The summed E-state index contributed by atoms with van der Waals surface area (Å²) in [6, 6.07) is 0. The van der Waals surface area contributed by atoms with E-state index in [1.807, 2.05) is 17.1 Å².